The molecule has 0 bridgehead atoms. The van der Waals surface area contributed by atoms with Crippen molar-refractivity contribution in [3.05, 3.63) is 0 Å². The highest BCUT2D eigenvalue weighted by molar-refractivity contribution is 8.13. The Morgan fingerprint density at radius 1 is 0.718 bits per heavy atom. The molecule has 0 aliphatic carbocycles. The highest BCUT2D eigenvalue weighted by atomic mass is 32.2. The highest BCUT2D eigenvalue weighted by Crippen LogP contribution is 2.18. The first kappa shape index (κ1) is 37.9. The molecule has 1 amide bonds. The Bertz CT molecular complexity index is 587. The zero-order valence-corrected chi connectivity index (χ0v) is 26.9. The quantitative estimate of drug-likeness (QED) is 0.0533. The van der Waals surface area contributed by atoms with E-state index in [9.17, 15) is 14.4 Å². The van der Waals surface area contributed by atoms with Crippen molar-refractivity contribution in [3.8, 4) is 0 Å². The molecule has 0 rings (SSSR count). The van der Waals surface area contributed by atoms with Crippen LogP contribution < -0.4 is 0 Å². The van der Waals surface area contributed by atoms with Gasteiger partial charge in [0.05, 0.1) is 0 Å². The molecule has 0 aromatic carbocycles. The Hall–Kier alpha value is -1.08. The third-order valence-electron chi connectivity index (χ3n) is 7.36. The second kappa shape index (κ2) is 28.4. The number of esters is 1. The van der Waals surface area contributed by atoms with Crippen molar-refractivity contribution in [2.75, 3.05) is 38.5 Å². The lowest BCUT2D eigenvalue weighted by molar-refractivity contribution is -0.150. The van der Waals surface area contributed by atoms with Gasteiger partial charge in [0, 0.05) is 31.7 Å². The van der Waals surface area contributed by atoms with Crippen LogP contribution in [0.5, 0.6) is 0 Å². The first-order valence-corrected chi connectivity index (χ1v) is 17.3. The number of hydrogen-bond donors (Lipinski definition) is 0. The number of rotatable bonds is 28. The summed E-state index contributed by atoms with van der Waals surface area (Å²) in [7, 11) is 0. The molecule has 1 unspecified atom stereocenters. The Morgan fingerprint density at radius 3 is 1.85 bits per heavy atom. The Labute approximate surface area is 245 Å². The maximum absolute atomic E-state index is 12.9. The predicted octanol–water partition coefficient (Wildman–Crippen LogP) is 8.66. The SMILES string of the molecule is CCCCCCCCC(CCCCCCC)OC(=O)CCCN(CCCC=O)C(=O)SCCCN(CC)CC. The minimum Gasteiger partial charge on any atom is -0.462 e. The summed E-state index contributed by atoms with van der Waals surface area (Å²) in [5, 5.41) is 0.0573. The standard InChI is InChI=1S/C32H62N2O4S/c1-5-9-11-13-15-17-23-30(22-16-14-12-10-6-2)38-31(36)24-20-27-34(26-18-19-28-35)32(37)39-29-21-25-33(7-3)8-4/h28,30H,5-27,29H2,1-4H3. The molecule has 0 aliphatic rings. The van der Waals surface area contributed by atoms with Crippen LogP contribution in [0.2, 0.25) is 0 Å². The van der Waals surface area contributed by atoms with Crippen LogP contribution in [0, 0.1) is 0 Å². The van der Waals surface area contributed by atoms with Gasteiger partial charge < -0.3 is 19.3 Å². The van der Waals surface area contributed by atoms with Gasteiger partial charge in [-0.3, -0.25) is 9.59 Å². The van der Waals surface area contributed by atoms with Crippen LogP contribution in [-0.2, 0) is 14.3 Å². The first-order chi connectivity index (χ1) is 19.0. The summed E-state index contributed by atoms with van der Waals surface area (Å²) in [6.07, 6.45) is 19.5. The third-order valence-corrected chi connectivity index (χ3v) is 8.36. The molecule has 230 valence electrons. The van der Waals surface area contributed by atoms with E-state index in [0.717, 1.165) is 63.8 Å². The maximum Gasteiger partial charge on any atom is 0.306 e. The number of nitrogens with zero attached hydrogens (tertiary/aromatic N) is 2. The zero-order valence-electron chi connectivity index (χ0n) is 26.1. The number of carbonyl (C=O) groups is 3. The largest absolute Gasteiger partial charge is 0.462 e. The molecular weight excluding hydrogens is 508 g/mol. The van der Waals surface area contributed by atoms with E-state index < -0.39 is 0 Å². The second-order valence-corrected chi connectivity index (χ2v) is 11.8. The molecule has 0 heterocycles. The fourth-order valence-electron chi connectivity index (χ4n) is 4.79. The van der Waals surface area contributed by atoms with Crippen LogP contribution in [0.4, 0.5) is 4.79 Å². The average molecular weight is 571 g/mol. The molecule has 0 N–H and O–H groups in total. The van der Waals surface area contributed by atoms with E-state index in [0.29, 0.717) is 38.8 Å². The number of unbranched alkanes of at least 4 members (excludes halogenated alkanes) is 10. The fourth-order valence-corrected chi connectivity index (χ4v) is 5.60. The molecule has 0 aliphatic heterocycles. The van der Waals surface area contributed by atoms with Gasteiger partial charge in [-0.1, -0.05) is 97.2 Å². The minimum absolute atomic E-state index is 0.0250. The molecule has 1 atom stereocenters. The molecule has 39 heavy (non-hydrogen) atoms. The van der Waals surface area contributed by atoms with Crippen molar-refractivity contribution in [2.45, 2.75) is 149 Å². The molecule has 6 nitrogen and oxygen atoms in total. The van der Waals surface area contributed by atoms with Crippen molar-refractivity contribution in [3.63, 3.8) is 0 Å². The number of hydrogen-bond acceptors (Lipinski definition) is 6. The molecule has 0 spiro atoms. The Kier molecular flexibility index (Phi) is 27.7. The van der Waals surface area contributed by atoms with Gasteiger partial charge in [0.1, 0.15) is 12.4 Å². The third kappa shape index (κ3) is 23.3. The smallest absolute Gasteiger partial charge is 0.306 e. The number of thioether (sulfide) groups is 1. The van der Waals surface area contributed by atoms with Crippen LogP contribution in [-0.4, -0.2) is 71.9 Å². The molecule has 0 radical (unpaired) electrons. The first-order valence-electron chi connectivity index (χ1n) is 16.3. The summed E-state index contributed by atoms with van der Waals surface area (Å²) in [6, 6.07) is 0. The Morgan fingerprint density at radius 2 is 1.28 bits per heavy atom. The summed E-state index contributed by atoms with van der Waals surface area (Å²) < 4.78 is 5.95. The molecule has 0 fully saturated rings. The Balaban J connectivity index is 4.60. The van der Waals surface area contributed by atoms with E-state index in [4.69, 9.17) is 4.74 Å². The lowest BCUT2D eigenvalue weighted by atomic mass is 10.0. The summed E-state index contributed by atoms with van der Waals surface area (Å²) in [4.78, 5) is 40.5. The maximum atomic E-state index is 12.9. The summed E-state index contributed by atoms with van der Waals surface area (Å²) in [5.74, 6) is 0.659. The molecule has 7 heteroatoms. The van der Waals surface area contributed by atoms with Crippen LogP contribution in [0.3, 0.4) is 0 Å². The average Bonchev–Trinajstić information content (AvgIpc) is 2.93. The summed E-state index contributed by atoms with van der Waals surface area (Å²) >= 11 is 1.36. The van der Waals surface area contributed by atoms with Crippen molar-refractivity contribution in [1.29, 1.82) is 0 Å². The lowest BCUT2D eigenvalue weighted by Gasteiger charge is -2.23. The van der Waals surface area contributed by atoms with E-state index in [1.807, 2.05) is 4.90 Å². The second-order valence-electron chi connectivity index (χ2n) is 10.8. The minimum atomic E-state index is -0.133. The van der Waals surface area contributed by atoms with Gasteiger partial charge in [0.15, 0.2) is 0 Å². The van der Waals surface area contributed by atoms with Crippen molar-refractivity contribution in [1.82, 2.24) is 9.80 Å². The van der Waals surface area contributed by atoms with Crippen LogP contribution in [0.1, 0.15) is 143 Å². The molecule has 0 saturated carbocycles. The van der Waals surface area contributed by atoms with Gasteiger partial charge in [-0.25, -0.2) is 0 Å². The molecular formula is C32H62N2O4S. The molecule has 0 aromatic rings. The predicted molar refractivity (Wildman–Crippen MR) is 168 cm³/mol. The normalized spacial score (nSPS) is 12.0. The summed E-state index contributed by atoms with van der Waals surface area (Å²) in [6.45, 7) is 12.9. The van der Waals surface area contributed by atoms with Gasteiger partial charge in [-0.2, -0.15) is 0 Å². The number of aldehydes is 1. The van der Waals surface area contributed by atoms with Crippen LogP contribution >= 0.6 is 11.8 Å². The van der Waals surface area contributed by atoms with Crippen LogP contribution in [0.15, 0.2) is 0 Å². The topological polar surface area (TPSA) is 66.9 Å². The molecule has 0 saturated heterocycles. The summed E-state index contributed by atoms with van der Waals surface area (Å²) in [5.41, 5.74) is 0. The van der Waals surface area contributed by atoms with E-state index in [-0.39, 0.29) is 17.3 Å². The van der Waals surface area contributed by atoms with Crippen molar-refractivity contribution < 1.29 is 19.1 Å². The van der Waals surface area contributed by atoms with Gasteiger partial charge >= 0.3 is 5.97 Å². The number of carbonyl (C=O) groups excluding carboxylic acids is 3. The fraction of sp³-hybridized carbons (Fsp3) is 0.906. The van der Waals surface area contributed by atoms with E-state index in [2.05, 4.69) is 32.6 Å². The van der Waals surface area contributed by atoms with E-state index >= 15 is 0 Å². The molecule has 0 aromatic heterocycles. The number of ether oxygens (including phenoxy) is 1. The zero-order chi connectivity index (χ0) is 29.0. The number of amides is 1. The van der Waals surface area contributed by atoms with Gasteiger partial charge in [-0.05, 0) is 64.6 Å². The lowest BCUT2D eigenvalue weighted by Crippen LogP contribution is -2.31. The highest BCUT2D eigenvalue weighted by Gasteiger charge is 2.17. The van der Waals surface area contributed by atoms with Gasteiger partial charge in [0.2, 0.25) is 0 Å². The van der Waals surface area contributed by atoms with Gasteiger partial charge in [-0.15, -0.1) is 0 Å². The van der Waals surface area contributed by atoms with E-state index in [1.54, 1.807) is 0 Å². The van der Waals surface area contributed by atoms with Crippen LogP contribution in [0.25, 0.3) is 0 Å². The van der Waals surface area contributed by atoms with Gasteiger partial charge in [0.25, 0.3) is 5.24 Å². The van der Waals surface area contributed by atoms with Crippen molar-refractivity contribution in [2.24, 2.45) is 0 Å². The monoisotopic (exact) mass is 570 g/mol. The van der Waals surface area contributed by atoms with E-state index in [1.165, 1.54) is 69.5 Å². The van der Waals surface area contributed by atoms with Crippen molar-refractivity contribution >= 4 is 29.3 Å².